The van der Waals surface area contributed by atoms with Crippen LogP contribution in [0.5, 0.6) is 5.75 Å². The monoisotopic (exact) mass is 371 g/mol. The Morgan fingerprint density at radius 3 is 2.70 bits per heavy atom. The molecule has 0 radical (unpaired) electrons. The largest absolute Gasteiger partial charge is 0.434 e. The summed E-state index contributed by atoms with van der Waals surface area (Å²) < 4.78 is 52.3. The number of nitrogens with one attached hydrogen (secondary N) is 1. The Morgan fingerprint density at radius 2 is 2.10 bits per heavy atom. The summed E-state index contributed by atoms with van der Waals surface area (Å²) in [5, 5.41) is 2.91. The normalized spacial score (nSPS) is 11.8. The molecule has 0 aliphatic rings. The Bertz CT molecular complexity index is 538. The summed E-state index contributed by atoms with van der Waals surface area (Å²) >= 11 is 3.25. The Labute approximate surface area is 125 Å². The van der Waals surface area contributed by atoms with E-state index in [0.29, 0.717) is 5.56 Å². The molecule has 4 nitrogen and oxygen atoms in total. The maximum atomic E-state index is 12.3. The molecule has 0 aromatic heterocycles. The predicted molar refractivity (Wildman–Crippen MR) is 76.8 cm³/mol. The maximum absolute atomic E-state index is 12.3. The number of benzene rings is 1. The minimum absolute atomic E-state index is 0.0164. The van der Waals surface area contributed by atoms with Crippen LogP contribution >= 0.6 is 15.9 Å². The van der Waals surface area contributed by atoms with Gasteiger partial charge in [-0.2, -0.15) is 8.78 Å². The molecule has 114 valence electrons. The fourth-order valence-corrected chi connectivity index (χ4v) is 2.64. The van der Waals surface area contributed by atoms with Crippen molar-refractivity contribution in [1.82, 2.24) is 5.32 Å². The summed E-state index contributed by atoms with van der Waals surface area (Å²) in [5.41, 5.74) is 0.536. The topological polar surface area (TPSA) is 55.4 Å². The summed E-state index contributed by atoms with van der Waals surface area (Å²) in [6.45, 7) is -0.800. The summed E-state index contributed by atoms with van der Waals surface area (Å²) in [6.07, 6.45) is 0. The first-order valence-electron chi connectivity index (χ1n) is 5.98. The Balaban J connectivity index is 2.60. The number of alkyl halides is 2. The molecule has 0 saturated carbocycles. The highest BCUT2D eigenvalue weighted by Crippen LogP contribution is 2.24. The minimum atomic E-state index is -3.03. The molecule has 0 fully saturated rings. The molecular weight excluding hydrogens is 356 g/mol. The minimum Gasteiger partial charge on any atom is -0.434 e. The molecule has 1 N–H and O–H groups in total. The van der Waals surface area contributed by atoms with Gasteiger partial charge in [0.2, 0.25) is 0 Å². The number of hydrogen-bond donors (Lipinski definition) is 1. The molecular formula is C12H16BrF2NO3S. The summed E-state index contributed by atoms with van der Waals surface area (Å²) in [4.78, 5) is 0. The van der Waals surface area contributed by atoms with E-state index >= 15 is 0 Å². The molecule has 0 aliphatic heterocycles. The van der Waals surface area contributed by atoms with Gasteiger partial charge in [-0.25, -0.2) is 8.42 Å². The van der Waals surface area contributed by atoms with Gasteiger partial charge in [0.25, 0.3) is 0 Å². The summed E-state index contributed by atoms with van der Waals surface area (Å²) in [5.74, 6) is 0.183. The lowest BCUT2D eigenvalue weighted by atomic mass is 10.2. The fraction of sp³-hybridized carbons (Fsp3) is 0.500. The first-order valence-corrected chi connectivity index (χ1v) is 8.60. The average molecular weight is 372 g/mol. The highest BCUT2D eigenvalue weighted by atomic mass is 79.9. The van der Waals surface area contributed by atoms with Gasteiger partial charge in [0.1, 0.15) is 5.75 Å². The van der Waals surface area contributed by atoms with Gasteiger partial charge in [-0.1, -0.05) is 22.9 Å². The van der Waals surface area contributed by atoms with E-state index in [1.54, 1.807) is 19.1 Å². The zero-order valence-electron chi connectivity index (χ0n) is 10.9. The lowest BCUT2D eigenvalue weighted by Gasteiger charge is -2.12. The van der Waals surface area contributed by atoms with E-state index in [0.717, 1.165) is 4.47 Å². The van der Waals surface area contributed by atoms with E-state index in [-0.39, 0.29) is 30.3 Å². The second-order valence-corrected chi connectivity index (χ2v) is 7.43. The molecule has 1 aromatic rings. The highest BCUT2D eigenvalue weighted by Gasteiger charge is 2.11. The van der Waals surface area contributed by atoms with Crippen LogP contribution in [0.2, 0.25) is 0 Å². The van der Waals surface area contributed by atoms with Crippen molar-refractivity contribution in [2.24, 2.45) is 0 Å². The number of halogens is 3. The first kappa shape index (κ1) is 17.3. The van der Waals surface area contributed by atoms with Crippen molar-refractivity contribution in [3.05, 3.63) is 28.2 Å². The van der Waals surface area contributed by atoms with Gasteiger partial charge in [-0.05, 0) is 18.2 Å². The number of ether oxygens (including phenoxy) is 1. The standard InChI is InChI=1S/C12H16BrF2NO3S/c1-2-20(17,18)6-5-16-8-9-7-10(13)3-4-11(9)19-12(14)15/h3-4,7,12,16H,2,5-6,8H2,1H3. The molecule has 1 rings (SSSR count). The lowest BCUT2D eigenvalue weighted by molar-refractivity contribution is -0.0505. The van der Waals surface area contributed by atoms with Crippen LogP contribution in [0.1, 0.15) is 12.5 Å². The number of rotatable bonds is 8. The van der Waals surface area contributed by atoms with Gasteiger partial charge in [0.05, 0.1) is 5.75 Å². The van der Waals surface area contributed by atoms with Crippen LogP contribution in [0.25, 0.3) is 0 Å². The smallest absolute Gasteiger partial charge is 0.387 e. The van der Waals surface area contributed by atoms with E-state index in [9.17, 15) is 17.2 Å². The van der Waals surface area contributed by atoms with Crippen molar-refractivity contribution in [1.29, 1.82) is 0 Å². The van der Waals surface area contributed by atoms with Crippen LogP contribution in [0.3, 0.4) is 0 Å². The van der Waals surface area contributed by atoms with Crippen LogP contribution < -0.4 is 10.1 Å². The van der Waals surface area contributed by atoms with Crippen molar-refractivity contribution in [3.63, 3.8) is 0 Å². The SMILES string of the molecule is CCS(=O)(=O)CCNCc1cc(Br)ccc1OC(F)F. The van der Waals surface area contributed by atoms with Gasteiger partial charge in [-0.3, -0.25) is 0 Å². The molecule has 0 bridgehead atoms. The van der Waals surface area contributed by atoms with Crippen LogP contribution in [0.4, 0.5) is 8.78 Å². The quantitative estimate of drug-likeness (QED) is 0.713. The number of hydrogen-bond acceptors (Lipinski definition) is 4. The van der Waals surface area contributed by atoms with Crippen molar-refractivity contribution in [2.45, 2.75) is 20.1 Å². The third-order valence-corrected chi connectivity index (χ3v) is 4.78. The Kier molecular flexibility index (Phi) is 6.84. The predicted octanol–water partition coefficient (Wildman–Crippen LogP) is 2.57. The van der Waals surface area contributed by atoms with Gasteiger partial charge in [0.15, 0.2) is 9.84 Å². The van der Waals surface area contributed by atoms with Gasteiger partial charge in [0, 0.05) is 28.9 Å². The lowest BCUT2D eigenvalue weighted by Crippen LogP contribution is -2.24. The summed E-state index contributed by atoms with van der Waals surface area (Å²) in [6, 6.07) is 4.69. The van der Waals surface area contributed by atoms with Gasteiger partial charge >= 0.3 is 6.61 Å². The van der Waals surface area contributed by atoms with Gasteiger partial charge in [-0.15, -0.1) is 0 Å². The fourth-order valence-electron chi connectivity index (χ4n) is 1.49. The van der Waals surface area contributed by atoms with Crippen molar-refractivity contribution >= 4 is 25.8 Å². The van der Waals surface area contributed by atoms with Crippen LogP contribution in [0, 0.1) is 0 Å². The van der Waals surface area contributed by atoms with Crippen molar-refractivity contribution < 1.29 is 21.9 Å². The zero-order valence-corrected chi connectivity index (χ0v) is 13.3. The second-order valence-electron chi connectivity index (χ2n) is 4.04. The molecule has 0 amide bonds. The Hall–Kier alpha value is -0.730. The first-order chi connectivity index (χ1) is 9.34. The molecule has 0 saturated heterocycles. The van der Waals surface area contributed by atoms with Crippen molar-refractivity contribution in [2.75, 3.05) is 18.1 Å². The summed E-state index contributed by atoms with van der Waals surface area (Å²) in [7, 11) is -3.03. The van der Waals surface area contributed by atoms with E-state index < -0.39 is 16.4 Å². The molecule has 0 spiro atoms. The van der Waals surface area contributed by atoms with Gasteiger partial charge < -0.3 is 10.1 Å². The van der Waals surface area contributed by atoms with Crippen LogP contribution in [-0.4, -0.2) is 33.1 Å². The number of sulfone groups is 1. The molecule has 0 unspecified atom stereocenters. The second kappa shape index (κ2) is 7.90. The molecule has 0 heterocycles. The molecule has 8 heteroatoms. The third-order valence-electron chi connectivity index (χ3n) is 2.58. The van der Waals surface area contributed by atoms with Crippen molar-refractivity contribution in [3.8, 4) is 5.75 Å². The third kappa shape index (κ3) is 6.15. The zero-order chi connectivity index (χ0) is 15.2. The average Bonchev–Trinajstić information content (AvgIpc) is 2.37. The Morgan fingerprint density at radius 1 is 1.40 bits per heavy atom. The molecule has 0 aliphatic carbocycles. The van der Waals surface area contributed by atoms with Crippen LogP contribution in [0.15, 0.2) is 22.7 Å². The van der Waals surface area contributed by atoms with Crippen LogP contribution in [-0.2, 0) is 16.4 Å². The molecule has 0 atom stereocenters. The molecule has 20 heavy (non-hydrogen) atoms. The van der Waals surface area contributed by atoms with E-state index in [1.165, 1.54) is 6.07 Å². The van der Waals surface area contributed by atoms with E-state index in [2.05, 4.69) is 26.0 Å². The van der Waals surface area contributed by atoms with E-state index in [4.69, 9.17) is 0 Å². The molecule has 1 aromatic carbocycles. The van der Waals surface area contributed by atoms with E-state index in [1.807, 2.05) is 0 Å². The maximum Gasteiger partial charge on any atom is 0.387 e. The highest BCUT2D eigenvalue weighted by molar-refractivity contribution is 9.10.